The zero-order chi connectivity index (χ0) is 14.8. The molecule has 2 aliphatic rings. The molecule has 3 unspecified atom stereocenters. The van der Waals surface area contributed by atoms with Crippen LogP contribution < -0.4 is 5.73 Å². The van der Waals surface area contributed by atoms with Crippen LogP contribution in [0.3, 0.4) is 0 Å². The van der Waals surface area contributed by atoms with Crippen LogP contribution in [0.5, 0.6) is 0 Å². The summed E-state index contributed by atoms with van der Waals surface area (Å²) in [4.78, 5) is 26.2. The first-order valence-electron chi connectivity index (χ1n) is 7.39. The fourth-order valence-electron chi connectivity index (χ4n) is 3.26. The van der Waals surface area contributed by atoms with Gasteiger partial charge in [0.15, 0.2) is 0 Å². The lowest BCUT2D eigenvalue weighted by atomic mass is 9.75. The Morgan fingerprint density at radius 3 is 2.75 bits per heavy atom. The summed E-state index contributed by atoms with van der Waals surface area (Å²) in [5.74, 6) is -0.441. The topological polar surface area (TPSA) is 83.6 Å². The molecule has 0 spiro atoms. The number of carboxylic acids is 1. The van der Waals surface area contributed by atoms with Crippen LogP contribution in [-0.4, -0.2) is 41.5 Å². The summed E-state index contributed by atoms with van der Waals surface area (Å²) in [7, 11) is 0. The zero-order valence-corrected chi connectivity index (χ0v) is 12.0. The van der Waals surface area contributed by atoms with Gasteiger partial charge >= 0.3 is 5.97 Å². The first kappa shape index (κ1) is 15.0. The minimum atomic E-state index is -1.26. The fraction of sp³-hybridized carbons (Fsp3) is 0.733. The molecule has 1 fully saturated rings. The summed E-state index contributed by atoms with van der Waals surface area (Å²) in [6.07, 6.45) is 6.04. The van der Waals surface area contributed by atoms with Gasteiger partial charge in [-0.25, -0.2) is 0 Å². The van der Waals surface area contributed by atoms with Crippen molar-refractivity contribution in [2.75, 3.05) is 19.6 Å². The predicted molar refractivity (Wildman–Crippen MR) is 76.0 cm³/mol. The van der Waals surface area contributed by atoms with Crippen molar-refractivity contribution in [2.24, 2.45) is 23.0 Å². The van der Waals surface area contributed by atoms with Gasteiger partial charge in [0, 0.05) is 13.1 Å². The number of nitrogens with zero attached hydrogens (tertiary/aromatic N) is 1. The second-order valence-electron chi connectivity index (χ2n) is 6.11. The lowest BCUT2D eigenvalue weighted by molar-refractivity contribution is -0.162. The number of carbonyl (C=O) groups excluding carboxylic acids is 1. The van der Waals surface area contributed by atoms with E-state index in [-0.39, 0.29) is 11.8 Å². The molecule has 0 saturated carbocycles. The standard InChI is InChI=1S/C15H24N2O3/c1-11-5-8-17(10-12(11)9-16)13(18)15(14(19)20)6-3-2-4-7-15/h2-3,11-12H,4-10,16H2,1H3,(H,19,20). The first-order chi connectivity index (χ1) is 9.51. The van der Waals surface area contributed by atoms with Crippen molar-refractivity contribution in [1.82, 2.24) is 4.90 Å². The highest BCUT2D eigenvalue weighted by molar-refractivity contribution is 6.02. The number of carboxylic acid groups (broad SMARTS) is 1. The molecule has 5 heteroatoms. The molecule has 0 aromatic rings. The van der Waals surface area contributed by atoms with Crippen LogP contribution in [0.1, 0.15) is 32.6 Å². The molecular weight excluding hydrogens is 256 g/mol. The highest BCUT2D eigenvalue weighted by atomic mass is 16.4. The molecule has 20 heavy (non-hydrogen) atoms. The van der Waals surface area contributed by atoms with E-state index >= 15 is 0 Å². The van der Waals surface area contributed by atoms with E-state index in [4.69, 9.17) is 5.73 Å². The second kappa shape index (κ2) is 5.95. The maximum Gasteiger partial charge on any atom is 0.319 e. The van der Waals surface area contributed by atoms with Crippen LogP contribution in [0, 0.1) is 17.3 Å². The van der Waals surface area contributed by atoms with Crippen molar-refractivity contribution in [3.8, 4) is 0 Å². The average molecular weight is 280 g/mol. The molecule has 0 aromatic carbocycles. The minimum Gasteiger partial charge on any atom is -0.480 e. The van der Waals surface area contributed by atoms with Gasteiger partial charge in [0.05, 0.1) is 0 Å². The summed E-state index contributed by atoms with van der Waals surface area (Å²) in [6, 6.07) is 0. The number of allylic oxidation sites excluding steroid dienone is 2. The number of aliphatic carboxylic acids is 1. The Hall–Kier alpha value is -1.36. The molecule has 5 nitrogen and oxygen atoms in total. The van der Waals surface area contributed by atoms with E-state index in [0.717, 1.165) is 6.42 Å². The molecule has 0 aromatic heterocycles. The Morgan fingerprint density at radius 2 is 2.20 bits per heavy atom. The van der Waals surface area contributed by atoms with Crippen LogP contribution in [0.4, 0.5) is 0 Å². The minimum absolute atomic E-state index is 0.222. The normalized spacial score (nSPS) is 34.0. The van der Waals surface area contributed by atoms with Gasteiger partial charge in [-0.3, -0.25) is 9.59 Å². The van der Waals surface area contributed by atoms with Crippen molar-refractivity contribution in [3.05, 3.63) is 12.2 Å². The Kier molecular flexibility index (Phi) is 4.48. The molecular formula is C15H24N2O3. The molecule has 1 aliphatic heterocycles. The Bertz CT molecular complexity index is 421. The number of piperidine rings is 1. The Morgan fingerprint density at radius 1 is 1.45 bits per heavy atom. The summed E-state index contributed by atoms with van der Waals surface area (Å²) in [5.41, 5.74) is 4.51. The largest absolute Gasteiger partial charge is 0.480 e. The van der Waals surface area contributed by atoms with Crippen LogP contribution in [0.15, 0.2) is 12.2 Å². The Balaban J connectivity index is 2.16. The van der Waals surface area contributed by atoms with Gasteiger partial charge in [0.1, 0.15) is 5.41 Å². The number of amides is 1. The number of hydrogen-bond acceptors (Lipinski definition) is 3. The molecule has 0 radical (unpaired) electrons. The van der Waals surface area contributed by atoms with Crippen LogP contribution >= 0.6 is 0 Å². The third-order valence-corrected chi connectivity index (χ3v) is 4.89. The van der Waals surface area contributed by atoms with E-state index in [1.165, 1.54) is 0 Å². The van der Waals surface area contributed by atoms with E-state index in [2.05, 4.69) is 6.92 Å². The van der Waals surface area contributed by atoms with E-state index in [9.17, 15) is 14.7 Å². The maximum absolute atomic E-state index is 12.8. The lowest BCUT2D eigenvalue weighted by Crippen LogP contribution is -2.54. The fourth-order valence-corrected chi connectivity index (χ4v) is 3.26. The van der Waals surface area contributed by atoms with E-state index in [1.807, 2.05) is 12.2 Å². The smallest absolute Gasteiger partial charge is 0.319 e. The third-order valence-electron chi connectivity index (χ3n) is 4.89. The Labute approximate surface area is 119 Å². The van der Waals surface area contributed by atoms with Crippen molar-refractivity contribution in [1.29, 1.82) is 0 Å². The van der Waals surface area contributed by atoms with Gasteiger partial charge in [-0.1, -0.05) is 19.1 Å². The second-order valence-corrected chi connectivity index (χ2v) is 6.11. The highest BCUT2D eigenvalue weighted by Gasteiger charge is 2.48. The van der Waals surface area contributed by atoms with E-state index in [0.29, 0.717) is 44.8 Å². The number of rotatable bonds is 3. The molecule has 1 amide bonds. The first-order valence-corrected chi connectivity index (χ1v) is 7.39. The van der Waals surface area contributed by atoms with Crippen molar-refractivity contribution < 1.29 is 14.7 Å². The van der Waals surface area contributed by atoms with E-state index in [1.54, 1.807) is 4.90 Å². The summed E-state index contributed by atoms with van der Waals surface area (Å²) in [5, 5.41) is 9.56. The van der Waals surface area contributed by atoms with E-state index < -0.39 is 11.4 Å². The molecule has 112 valence electrons. The van der Waals surface area contributed by atoms with Crippen LogP contribution in [-0.2, 0) is 9.59 Å². The van der Waals surface area contributed by atoms with Gasteiger partial charge in [0.25, 0.3) is 0 Å². The zero-order valence-electron chi connectivity index (χ0n) is 12.0. The SMILES string of the molecule is CC1CCN(C(=O)C2(C(=O)O)CC=CCC2)CC1CN. The number of likely N-dealkylation sites (tertiary alicyclic amines) is 1. The average Bonchev–Trinajstić information content (AvgIpc) is 2.47. The molecule has 2 rings (SSSR count). The number of hydrogen-bond donors (Lipinski definition) is 2. The third kappa shape index (κ3) is 2.59. The van der Waals surface area contributed by atoms with Crippen molar-refractivity contribution in [3.63, 3.8) is 0 Å². The molecule has 0 bridgehead atoms. The van der Waals surface area contributed by atoms with Gasteiger partial charge in [0.2, 0.25) is 5.91 Å². The lowest BCUT2D eigenvalue weighted by Gasteiger charge is -2.41. The van der Waals surface area contributed by atoms with Crippen LogP contribution in [0.25, 0.3) is 0 Å². The monoisotopic (exact) mass is 280 g/mol. The number of nitrogens with two attached hydrogens (primary N) is 1. The molecule has 1 saturated heterocycles. The van der Waals surface area contributed by atoms with Gasteiger partial charge in [-0.2, -0.15) is 0 Å². The van der Waals surface area contributed by atoms with Crippen molar-refractivity contribution in [2.45, 2.75) is 32.6 Å². The summed E-state index contributed by atoms with van der Waals surface area (Å²) >= 11 is 0. The maximum atomic E-state index is 12.8. The van der Waals surface area contributed by atoms with Crippen LogP contribution in [0.2, 0.25) is 0 Å². The van der Waals surface area contributed by atoms with Gasteiger partial charge in [-0.05, 0) is 44.1 Å². The van der Waals surface area contributed by atoms with Gasteiger partial charge < -0.3 is 15.7 Å². The quantitative estimate of drug-likeness (QED) is 0.602. The van der Waals surface area contributed by atoms with Crippen molar-refractivity contribution >= 4 is 11.9 Å². The molecule has 1 heterocycles. The summed E-state index contributed by atoms with van der Waals surface area (Å²) < 4.78 is 0. The summed E-state index contributed by atoms with van der Waals surface area (Å²) in [6.45, 7) is 3.94. The molecule has 1 aliphatic carbocycles. The predicted octanol–water partition coefficient (Wildman–Crippen LogP) is 1.24. The number of carbonyl (C=O) groups is 2. The van der Waals surface area contributed by atoms with Gasteiger partial charge in [-0.15, -0.1) is 0 Å². The highest BCUT2D eigenvalue weighted by Crippen LogP contribution is 2.37. The molecule has 3 atom stereocenters. The molecule has 3 N–H and O–H groups in total.